The second-order valence-electron chi connectivity index (χ2n) is 15.1. The van der Waals surface area contributed by atoms with E-state index in [1.54, 1.807) is 4.57 Å². The van der Waals surface area contributed by atoms with Gasteiger partial charge in [0.2, 0.25) is 0 Å². The SMILES string of the molecule is [2H]c1cc([2H])c2c(c1[2H])c1c([2H])c([2H])cc([2H])c1n2-c1ccc(-c2cccc(-c3cccc(-c4nc(-c5ccccc5)nc(-c5ccccc5)n4)c3)c2)cc1-c1cccc2c1oc1ccccc12. The summed E-state index contributed by atoms with van der Waals surface area (Å²) in [7, 11) is 0. The van der Waals surface area contributed by atoms with E-state index in [0.29, 0.717) is 28.7 Å². The van der Waals surface area contributed by atoms with Gasteiger partial charge in [-0.15, -0.1) is 0 Å². The average Bonchev–Trinajstić information content (AvgIpc) is 3.96. The van der Waals surface area contributed by atoms with Gasteiger partial charge in [-0.25, -0.2) is 15.0 Å². The van der Waals surface area contributed by atoms with Crippen molar-refractivity contribution in [1.29, 1.82) is 0 Å². The van der Waals surface area contributed by atoms with Gasteiger partial charge in [-0.1, -0.05) is 176 Å². The van der Waals surface area contributed by atoms with Crippen LogP contribution in [0.5, 0.6) is 0 Å². The van der Waals surface area contributed by atoms with E-state index in [2.05, 4.69) is 36.4 Å². The van der Waals surface area contributed by atoms with Crippen LogP contribution < -0.4 is 0 Å². The van der Waals surface area contributed by atoms with Gasteiger partial charge in [-0.05, 0) is 64.7 Å². The van der Waals surface area contributed by atoms with Crippen molar-refractivity contribution in [2.75, 3.05) is 0 Å². The third-order valence-corrected chi connectivity index (χ3v) is 11.4. The molecule has 0 unspecified atom stereocenters. The van der Waals surface area contributed by atoms with Crippen LogP contribution in [0.3, 0.4) is 0 Å². The van der Waals surface area contributed by atoms with Crippen molar-refractivity contribution < 1.29 is 12.6 Å². The summed E-state index contributed by atoms with van der Waals surface area (Å²) in [5.41, 5.74) is 10.4. The molecule has 12 aromatic rings. The van der Waals surface area contributed by atoms with Gasteiger partial charge in [-0.3, -0.25) is 0 Å². The molecule has 0 amide bonds. The lowest BCUT2D eigenvalue weighted by atomic mass is 9.94. The molecule has 9 aromatic carbocycles. The molecule has 62 heavy (non-hydrogen) atoms. The number of benzene rings is 9. The molecule has 0 fully saturated rings. The first-order valence-electron chi connectivity index (χ1n) is 23.3. The van der Waals surface area contributed by atoms with Crippen molar-refractivity contribution in [3.05, 3.63) is 218 Å². The Hall–Kier alpha value is -8.41. The Kier molecular flexibility index (Phi) is 7.05. The van der Waals surface area contributed by atoms with Gasteiger partial charge in [0, 0.05) is 49.4 Å². The molecule has 0 aliphatic heterocycles. The molecular weight excluding hydrogens is 757 g/mol. The molecule has 12 rings (SSSR count). The predicted molar refractivity (Wildman–Crippen MR) is 254 cm³/mol. The molecule has 0 spiro atoms. The number of rotatable bonds is 7. The van der Waals surface area contributed by atoms with Crippen molar-refractivity contribution >= 4 is 43.7 Å². The normalized spacial score (nSPS) is 12.9. The van der Waals surface area contributed by atoms with E-state index >= 15 is 0 Å². The standard InChI is InChI=1S/C57H36N4O/c1-3-16-37(17-4-1)55-58-56(38-18-5-2-6-19-38)60-57(59-55)43-23-14-22-41(35-43)39-20-13-21-40(34-39)42-32-33-52(61-50-29-10-7-24-44(50)45-25-8-11-30-51(45)61)49(36-42)48-28-15-27-47-46-26-9-12-31-53(46)62-54(47)48/h1-36H/i7D,8D,24D,25D,29D,30D. The summed E-state index contributed by atoms with van der Waals surface area (Å²) in [5.74, 6) is 1.72. The number of fused-ring (bicyclic) bond motifs is 6. The predicted octanol–water partition coefficient (Wildman–Crippen LogP) is 14.9. The van der Waals surface area contributed by atoms with Gasteiger partial charge in [0.1, 0.15) is 11.2 Å². The van der Waals surface area contributed by atoms with Crippen molar-refractivity contribution in [3.63, 3.8) is 0 Å². The number of nitrogens with zero attached hydrogens (tertiary/aromatic N) is 4. The second kappa shape index (κ2) is 14.7. The van der Waals surface area contributed by atoms with Gasteiger partial charge in [-0.2, -0.15) is 0 Å². The molecule has 0 bridgehead atoms. The van der Waals surface area contributed by atoms with Gasteiger partial charge < -0.3 is 8.98 Å². The van der Waals surface area contributed by atoms with Gasteiger partial charge in [0.05, 0.1) is 24.9 Å². The number of aromatic nitrogens is 4. The maximum atomic E-state index is 9.23. The van der Waals surface area contributed by atoms with Crippen LogP contribution in [0.15, 0.2) is 223 Å². The van der Waals surface area contributed by atoms with Crippen molar-refractivity contribution in [2.45, 2.75) is 0 Å². The number of para-hydroxylation sites is 4. The van der Waals surface area contributed by atoms with E-state index in [0.717, 1.165) is 66.4 Å². The summed E-state index contributed by atoms with van der Waals surface area (Å²) in [4.78, 5) is 14.8. The molecule has 0 saturated carbocycles. The minimum atomic E-state index is -0.168. The molecule has 5 nitrogen and oxygen atoms in total. The van der Waals surface area contributed by atoms with Crippen LogP contribution in [-0.4, -0.2) is 19.5 Å². The number of hydrogen-bond donors (Lipinski definition) is 0. The third-order valence-electron chi connectivity index (χ3n) is 11.4. The van der Waals surface area contributed by atoms with Crippen LogP contribution in [0.25, 0.3) is 117 Å². The van der Waals surface area contributed by atoms with Crippen LogP contribution in [0.1, 0.15) is 8.22 Å². The van der Waals surface area contributed by atoms with Crippen LogP contribution in [0.2, 0.25) is 0 Å². The van der Waals surface area contributed by atoms with Crippen molar-refractivity contribution in [2.24, 2.45) is 0 Å². The summed E-state index contributed by atoms with van der Waals surface area (Å²) >= 11 is 0. The molecule has 3 heterocycles. The highest BCUT2D eigenvalue weighted by Crippen LogP contribution is 2.43. The molecule has 3 aromatic heterocycles. The first kappa shape index (κ1) is 29.7. The second-order valence-corrected chi connectivity index (χ2v) is 15.1. The van der Waals surface area contributed by atoms with E-state index in [4.69, 9.17) is 24.9 Å². The highest BCUT2D eigenvalue weighted by atomic mass is 16.3. The highest BCUT2D eigenvalue weighted by molar-refractivity contribution is 6.12. The molecule has 0 atom stereocenters. The lowest BCUT2D eigenvalue weighted by Crippen LogP contribution is -2.00. The average molecular weight is 799 g/mol. The van der Waals surface area contributed by atoms with Gasteiger partial charge in [0.25, 0.3) is 0 Å². The first-order chi connectivity index (χ1) is 33.2. The zero-order valence-corrected chi connectivity index (χ0v) is 33.0. The fraction of sp³-hybridized carbons (Fsp3) is 0. The largest absolute Gasteiger partial charge is 0.455 e. The van der Waals surface area contributed by atoms with Crippen LogP contribution in [0, 0.1) is 0 Å². The summed E-state index contributed by atoms with van der Waals surface area (Å²) in [6, 6.07) is 58.2. The molecular formula is C57H36N4O. The van der Waals surface area contributed by atoms with Crippen molar-refractivity contribution in [3.8, 4) is 73.2 Å². The van der Waals surface area contributed by atoms with E-state index in [9.17, 15) is 2.74 Å². The van der Waals surface area contributed by atoms with Crippen LogP contribution >= 0.6 is 0 Å². The maximum absolute atomic E-state index is 9.23. The topological polar surface area (TPSA) is 56.7 Å². The third kappa shape index (κ3) is 6.06. The Morgan fingerprint density at radius 2 is 0.871 bits per heavy atom. The molecule has 0 aliphatic rings. The fourth-order valence-electron chi connectivity index (χ4n) is 8.49. The van der Waals surface area contributed by atoms with Gasteiger partial charge >= 0.3 is 0 Å². The zero-order valence-electron chi connectivity index (χ0n) is 39.0. The molecule has 290 valence electrons. The van der Waals surface area contributed by atoms with Crippen LogP contribution in [-0.2, 0) is 0 Å². The lowest BCUT2D eigenvalue weighted by molar-refractivity contribution is 0.670. The molecule has 5 heteroatoms. The van der Waals surface area contributed by atoms with Gasteiger partial charge in [0.15, 0.2) is 17.5 Å². The summed E-state index contributed by atoms with van der Waals surface area (Å²) < 4.78 is 62.1. The quantitative estimate of drug-likeness (QED) is 0.161. The number of hydrogen-bond acceptors (Lipinski definition) is 4. The Morgan fingerprint density at radius 1 is 0.371 bits per heavy atom. The Labute approximate surface area is 366 Å². The lowest BCUT2D eigenvalue weighted by Gasteiger charge is -2.17. The van der Waals surface area contributed by atoms with Crippen molar-refractivity contribution in [1.82, 2.24) is 19.5 Å². The van der Waals surface area contributed by atoms with E-state index in [1.165, 1.54) is 12.1 Å². The maximum Gasteiger partial charge on any atom is 0.164 e. The zero-order chi connectivity index (χ0) is 46.2. The fourth-order valence-corrected chi connectivity index (χ4v) is 8.49. The smallest absolute Gasteiger partial charge is 0.164 e. The van der Waals surface area contributed by atoms with E-state index in [1.807, 2.05) is 133 Å². The minimum Gasteiger partial charge on any atom is -0.455 e. The highest BCUT2D eigenvalue weighted by Gasteiger charge is 2.20. The molecule has 0 radical (unpaired) electrons. The first-order valence-corrected chi connectivity index (χ1v) is 20.3. The minimum absolute atomic E-state index is 0.0285. The molecule has 0 aliphatic carbocycles. The van der Waals surface area contributed by atoms with Crippen LogP contribution in [0.4, 0.5) is 0 Å². The summed E-state index contributed by atoms with van der Waals surface area (Å²) in [6.45, 7) is 0. The molecule has 0 N–H and O–H groups in total. The summed E-state index contributed by atoms with van der Waals surface area (Å²) in [6.07, 6.45) is 0. The van der Waals surface area contributed by atoms with E-state index < -0.39 is 0 Å². The van der Waals surface area contributed by atoms with E-state index in [-0.39, 0.29) is 58.1 Å². The Balaban J connectivity index is 1.05. The Morgan fingerprint density at radius 3 is 1.52 bits per heavy atom. The summed E-state index contributed by atoms with van der Waals surface area (Å²) in [5, 5.41) is 2.28. The Bertz CT molecular complexity index is 3870. The monoisotopic (exact) mass is 798 g/mol. The molecule has 0 saturated heterocycles. The number of furan rings is 1.